The first-order valence-corrected chi connectivity index (χ1v) is 9.24. The van der Waals surface area contributed by atoms with Gasteiger partial charge in [0.05, 0.1) is 17.8 Å². The Kier molecular flexibility index (Phi) is 5.78. The zero-order chi connectivity index (χ0) is 18.7. The van der Waals surface area contributed by atoms with Crippen molar-refractivity contribution in [3.05, 3.63) is 23.8 Å². The molecule has 0 aromatic heterocycles. The molecular formula is C19H27N3O4. The molecule has 2 heterocycles. The monoisotopic (exact) mass is 361 g/mol. The predicted molar refractivity (Wildman–Crippen MR) is 97.9 cm³/mol. The molecule has 1 aromatic rings. The third-order valence-corrected chi connectivity index (χ3v) is 5.13. The Morgan fingerprint density at radius 2 is 2.12 bits per heavy atom. The molecule has 0 aliphatic carbocycles. The summed E-state index contributed by atoms with van der Waals surface area (Å²) in [5, 5.41) is 5.83. The third kappa shape index (κ3) is 3.99. The summed E-state index contributed by atoms with van der Waals surface area (Å²) in [6, 6.07) is 4.80. The van der Waals surface area contributed by atoms with Crippen LogP contribution in [0.2, 0.25) is 0 Å². The summed E-state index contributed by atoms with van der Waals surface area (Å²) < 4.78 is 11.1. The third-order valence-electron chi connectivity index (χ3n) is 5.13. The molecule has 0 spiro atoms. The standard InChI is InChI=1S/C19H27N3O4/c1-3-15-18(23)22-14-5-4-13(10-16(14)26-15)11(2)21-19(24)17(20)12-6-8-25-9-7-12/h4-5,10-12,15,17H,3,6-9,20H2,1-2H3,(H,21,24)(H,22,23). The van der Waals surface area contributed by atoms with E-state index in [1.165, 1.54) is 0 Å². The van der Waals surface area contributed by atoms with Crippen LogP contribution in [0.5, 0.6) is 5.75 Å². The highest BCUT2D eigenvalue weighted by molar-refractivity contribution is 5.97. The fourth-order valence-corrected chi connectivity index (χ4v) is 3.38. The Morgan fingerprint density at radius 3 is 2.81 bits per heavy atom. The van der Waals surface area contributed by atoms with Gasteiger partial charge >= 0.3 is 0 Å². The van der Waals surface area contributed by atoms with Crippen LogP contribution in [0.1, 0.15) is 44.7 Å². The summed E-state index contributed by atoms with van der Waals surface area (Å²) in [5.41, 5.74) is 7.70. The number of ether oxygens (including phenoxy) is 2. The predicted octanol–water partition coefficient (Wildman–Crippen LogP) is 1.73. The molecule has 1 saturated heterocycles. The highest BCUT2D eigenvalue weighted by atomic mass is 16.5. The number of nitrogens with two attached hydrogens (primary N) is 1. The van der Waals surface area contributed by atoms with E-state index in [1.54, 1.807) is 6.07 Å². The van der Waals surface area contributed by atoms with E-state index in [0.29, 0.717) is 31.1 Å². The van der Waals surface area contributed by atoms with Gasteiger partial charge in [0.15, 0.2) is 6.10 Å². The fourth-order valence-electron chi connectivity index (χ4n) is 3.38. The molecule has 0 saturated carbocycles. The van der Waals surface area contributed by atoms with E-state index < -0.39 is 12.1 Å². The first-order valence-electron chi connectivity index (χ1n) is 9.24. The van der Waals surface area contributed by atoms with Crippen LogP contribution in [0.4, 0.5) is 5.69 Å². The normalized spacial score (nSPS) is 22.6. The minimum Gasteiger partial charge on any atom is -0.478 e. The topological polar surface area (TPSA) is 103 Å². The van der Waals surface area contributed by atoms with Gasteiger partial charge in [-0.15, -0.1) is 0 Å². The van der Waals surface area contributed by atoms with Crippen molar-refractivity contribution in [3.63, 3.8) is 0 Å². The second kappa shape index (κ2) is 8.05. The van der Waals surface area contributed by atoms with Crippen LogP contribution in [-0.2, 0) is 14.3 Å². The Labute approximate surface area is 153 Å². The number of fused-ring (bicyclic) bond motifs is 1. The molecule has 3 atom stereocenters. The van der Waals surface area contributed by atoms with Crippen LogP contribution in [-0.4, -0.2) is 37.2 Å². The summed E-state index contributed by atoms with van der Waals surface area (Å²) in [7, 11) is 0. The van der Waals surface area contributed by atoms with E-state index in [1.807, 2.05) is 26.0 Å². The fraction of sp³-hybridized carbons (Fsp3) is 0.579. The molecule has 1 aromatic carbocycles. The van der Waals surface area contributed by atoms with Crippen LogP contribution in [0.3, 0.4) is 0 Å². The van der Waals surface area contributed by atoms with Gasteiger partial charge in [-0.25, -0.2) is 0 Å². The van der Waals surface area contributed by atoms with Crippen molar-refractivity contribution in [1.29, 1.82) is 0 Å². The maximum Gasteiger partial charge on any atom is 0.265 e. The maximum absolute atomic E-state index is 12.5. The van der Waals surface area contributed by atoms with Gasteiger partial charge in [-0.3, -0.25) is 9.59 Å². The highest BCUT2D eigenvalue weighted by Crippen LogP contribution is 2.33. The Balaban J connectivity index is 1.65. The maximum atomic E-state index is 12.5. The number of rotatable bonds is 5. The Morgan fingerprint density at radius 1 is 1.38 bits per heavy atom. The van der Waals surface area contributed by atoms with Gasteiger partial charge in [-0.2, -0.15) is 0 Å². The molecule has 2 amide bonds. The number of anilines is 1. The number of amides is 2. The van der Waals surface area contributed by atoms with Crippen molar-refractivity contribution in [2.24, 2.45) is 11.7 Å². The summed E-state index contributed by atoms with van der Waals surface area (Å²) in [4.78, 5) is 24.4. The molecule has 7 nitrogen and oxygen atoms in total. The molecule has 4 N–H and O–H groups in total. The summed E-state index contributed by atoms with van der Waals surface area (Å²) in [5.74, 6) is 0.506. The minimum absolute atomic E-state index is 0.128. The lowest BCUT2D eigenvalue weighted by molar-refractivity contribution is -0.125. The number of hydrogen-bond donors (Lipinski definition) is 3. The highest BCUT2D eigenvalue weighted by Gasteiger charge is 2.29. The Hall–Kier alpha value is -2.12. The first kappa shape index (κ1) is 18.7. The van der Waals surface area contributed by atoms with Gasteiger partial charge in [-0.1, -0.05) is 13.0 Å². The minimum atomic E-state index is -0.529. The van der Waals surface area contributed by atoms with Gasteiger partial charge in [0.25, 0.3) is 5.91 Å². The van der Waals surface area contributed by atoms with E-state index in [9.17, 15) is 9.59 Å². The van der Waals surface area contributed by atoms with Crippen molar-refractivity contribution in [2.45, 2.75) is 51.3 Å². The smallest absolute Gasteiger partial charge is 0.265 e. The molecule has 3 rings (SSSR count). The van der Waals surface area contributed by atoms with Crippen LogP contribution in [0, 0.1) is 5.92 Å². The average Bonchev–Trinajstić information content (AvgIpc) is 2.67. The lowest BCUT2D eigenvalue weighted by Crippen LogP contribution is -2.47. The molecule has 2 aliphatic heterocycles. The quantitative estimate of drug-likeness (QED) is 0.741. The number of carbonyl (C=O) groups excluding carboxylic acids is 2. The molecular weight excluding hydrogens is 334 g/mol. The lowest BCUT2D eigenvalue weighted by Gasteiger charge is -2.28. The van der Waals surface area contributed by atoms with Gasteiger partial charge in [0.1, 0.15) is 5.75 Å². The lowest BCUT2D eigenvalue weighted by atomic mass is 9.91. The van der Waals surface area contributed by atoms with Gasteiger partial charge in [-0.05, 0) is 49.8 Å². The van der Waals surface area contributed by atoms with Crippen LogP contribution in [0.25, 0.3) is 0 Å². The molecule has 0 radical (unpaired) electrons. The van der Waals surface area contributed by atoms with Gasteiger partial charge in [0, 0.05) is 13.2 Å². The number of benzene rings is 1. The van der Waals surface area contributed by atoms with Crippen molar-refractivity contribution in [3.8, 4) is 5.75 Å². The summed E-state index contributed by atoms with van der Waals surface area (Å²) in [6.07, 6.45) is 1.74. The van der Waals surface area contributed by atoms with Crippen molar-refractivity contribution in [1.82, 2.24) is 5.32 Å². The zero-order valence-corrected chi connectivity index (χ0v) is 15.3. The molecule has 0 bridgehead atoms. The first-order chi connectivity index (χ1) is 12.5. The Bertz CT molecular complexity index is 673. The van der Waals surface area contributed by atoms with Crippen LogP contribution < -0.4 is 21.1 Å². The average molecular weight is 361 g/mol. The van der Waals surface area contributed by atoms with Crippen molar-refractivity contribution >= 4 is 17.5 Å². The SMILES string of the molecule is CCC1Oc2cc(C(C)NC(=O)C(N)C3CCOCC3)ccc2NC1=O. The van der Waals surface area contributed by atoms with Gasteiger partial charge in [0.2, 0.25) is 5.91 Å². The summed E-state index contributed by atoms with van der Waals surface area (Å²) >= 11 is 0. The zero-order valence-electron chi connectivity index (χ0n) is 15.3. The molecule has 7 heteroatoms. The van der Waals surface area contributed by atoms with Gasteiger partial charge < -0.3 is 25.8 Å². The molecule has 3 unspecified atom stereocenters. The molecule has 2 aliphatic rings. The van der Waals surface area contributed by atoms with E-state index in [-0.39, 0.29) is 23.8 Å². The second-order valence-electron chi connectivity index (χ2n) is 6.97. The largest absolute Gasteiger partial charge is 0.478 e. The number of carbonyl (C=O) groups is 2. The van der Waals surface area contributed by atoms with E-state index in [4.69, 9.17) is 15.2 Å². The van der Waals surface area contributed by atoms with E-state index in [2.05, 4.69) is 10.6 Å². The molecule has 26 heavy (non-hydrogen) atoms. The number of hydrogen-bond acceptors (Lipinski definition) is 5. The van der Waals surface area contributed by atoms with Crippen LogP contribution in [0.15, 0.2) is 18.2 Å². The second-order valence-corrected chi connectivity index (χ2v) is 6.97. The molecule has 142 valence electrons. The van der Waals surface area contributed by atoms with Crippen molar-refractivity contribution < 1.29 is 19.1 Å². The summed E-state index contributed by atoms with van der Waals surface area (Å²) in [6.45, 7) is 5.13. The van der Waals surface area contributed by atoms with Crippen LogP contribution >= 0.6 is 0 Å². The number of nitrogens with one attached hydrogen (secondary N) is 2. The molecule has 1 fully saturated rings. The van der Waals surface area contributed by atoms with E-state index >= 15 is 0 Å². The van der Waals surface area contributed by atoms with Crippen molar-refractivity contribution in [2.75, 3.05) is 18.5 Å². The van der Waals surface area contributed by atoms with E-state index in [0.717, 1.165) is 18.4 Å².